The van der Waals surface area contributed by atoms with Crippen LogP contribution in [0.2, 0.25) is 0 Å². The second-order valence-corrected chi connectivity index (χ2v) is 8.88. The predicted molar refractivity (Wildman–Crippen MR) is 136 cm³/mol. The molecule has 16 nitrogen and oxygen atoms in total. The van der Waals surface area contributed by atoms with Crippen molar-refractivity contribution in [2.24, 2.45) is 11.5 Å². The van der Waals surface area contributed by atoms with Gasteiger partial charge in [0.15, 0.2) is 0 Å². The van der Waals surface area contributed by atoms with Gasteiger partial charge in [-0.3, -0.25) is 24.0 Å². The first kappa shape index (κ1) is 31.2. The molecule has 1 aromatic heterocycles. The van der Waals surface area contributed by atoms with E-state index in [1.807, 2.05) is 0 Å². The number of aromatic amines is 1. The summed E-state index contributed by atoms with van der Waals surface area (Å²) in [7, 11) is 0. The van der Waals surface area contributed by atoms with Gasteiger partial charge in [0.05, 0.1) is 18.8 Å². The highest BCUT2D eigenvalue weighted by molar-refractivity contribution is 5.96. The molecule has 4 unspecified atom stereocenters. The molecule has 216 valence electrons. The molecule has 1 heterocycles. The van der Waals surface area contributed by atoms with Gasteiger partial charge in [0.25, 0.3) is 0 Å². The Kier molecular flexibility index (Phi) is 11.6. The molecule has 0 bridgehead atoms. The van der Waals surface area contributed by atoms with Gasteiger partial charge in [0, 0.05) is 31.2 Å². The molecular formula is C24H31N7O9. The number of rotatable bonds is 16. The van der Waals surface area contributed by atoms with Crippen molar-refractivity contribution in [2.75, 3.05) is 0 Å². The average Bonchev–Trinajstić information content (AvgIpc) is 3.39. The van der Waals surface area contributed by atoms with Gasteiger partial charge in [-0.1, -0.05) is 12.1 Å². The SMILES string of the molecule is NC(=O)CC(NC(=O)C(N)Cc1cnc[nH]1)C(=O)NC(Cc1ccc(O)cc1)C(=O)NC(CCC(=O)O)C(=O)O. The van der Waals surface area contributed by atoms with E-state index in [1.54, 1.807) is 0 Å². The van der Waals surface area contributed by atoms with Crippen molar-refractivity contribution in [3.05, 3.63) is 48.0 Å². The van der Waals surface area contributed by atoms with E-state index in [9.17, 15) is 39.0 Å². The Balaban J connectivity index is 2.22. The first-order chi connectivity index (χ1) is 18.8. The number of nitrogens with zero attached hydrogens (tertiary/aromatic N) is 1. The van der Waals surface area contributed by atoms with Crippen LogP contribution in [-0.4, -0.2) is 85.0 Å². The van der Waals surface area contributed by atoms with Gasteiger partial charge in [-0.2, -0.15) is 0 Å². The van der Waals surface area contributed by atoms with E-state index in [2.05, 4.69) is 25.9 Å². The fraction of sp³-hybridized carbons (Fsp3) is 0.375. The van der Waals surface area contributed by atoms with Gasteiger partial charge in [0.2, 0.25) is 23.6 Å². The molecule has 1 aromatic carbocycles. The van der Waals surface area contributed by atoms with Crippen molar-refractivity contribution >= 4 is 35.6 Å². The van der Waals surface area contributed by atoms with Gasteiger partial charge in [-0.25, -0.2) is 9.78 Å². The third-order valence-electron chi connectivity index (χ3n) is 5.64. The van der Waals surface area contributed by atoms with E-state index < -0.39 is 79.0 Å². The Labute approximate surface area is 227 Å². The number of hydrogen-bond acceptors (Lipinski definition) is 9. The number of imidazole rings is 1. The molecule has 4 amide bonds. The zero-order valence-electron chi connectivity index (χ0n) is 21.2. The quantitative estimate of drug-likeness (QED) is 0.103. The molecular weight excluding hydrogens is 530 g/mol. The summed E-state index contributed by atoms with van der Waals surface area (Å²) >= 11 is 0. The number of primary amides is 1. The van der Waals surface area contributed by atoms with Crippen molar-refractivity contribution < 1.29 is 44.1 Å². The van der Waals surface area contributed by atoms with E-state index in [0.29, 0.717) is 11.3 Å². The number of carbonyl (C=O) groups is 6. The molecule has 0 spiro atoms. The highest BCUT2D eigenvalue weighted by Crippen LogP contribution is 2.12. The lowest BCUT2D eigenvalue weighted by atomic mass is 10.0. The number of nitrogens with one attached hydrogen (secondary N) is 4. The van der Waals surface area contributed by atoms with E-state index in [1.165, 1.54) is 36.8 Å². The van der Waals surface area contributed by atoms with Gasteiger partial charge in [0.1, 0.15) is 23.9 Å². The standard InChI is InChI=1S/C24H31N7O9/c25-15(8-13-10-27-11-28-13)21(36)30-18(9-19(26)33)23(38)31-17(7-12-1-3-14(32)4-2-12)22(37)29-16(24(39)40)5-6-20(34)35/h1-4,10-11,15-18,32H,5-9,25H2,(H2,26,33)(H,27,28)(H,29,37)(H,30,36)(H,31,38)(H,34,35)(H,39,40). The van der Waals surface area contributed by atoms with Crippen molar-refractivity contribution in [3.8, 4) is 5.75 Å². The summed E-state index contributed by atoms with van der Waals surface area (Å²) in [4.78, 5) is 79.5. The summed E-state index contributed by atoms with van der Waals surface area (Å²) in [5, 5.41) is 34.7. The number of aliphatic carboxylic acids is 2. The lowest BCUT2D eigenvalue weighted by Crippen LogP contribution is -2.58. The number of carbonyl (C=O) groups excluding carboxylic acids is 4. The van der Waals surface area contributed by atoms with Crippen LogP contribution in [0.3, 0.4) is 0 Å². The molecule has 2 rings (SSSR count). The molecule has 40 heavy (non-hydrogen) atoms. The number of aromatic nitrogens is 2. The highest BCUT2D eigenvalue weighted by Gasteiger charge is 2.31. The molecule has 0 fully saturated rings. The van der Waals surface area contributed by atoms with Gasteiger partial charge in [-0.05, 0) is 24.1 Å². The van der Waals surface area contributed by atoms with Gasteiger partial charge >= 0.3 is 11.9 Å². The Morgan fingerprint density at radius 3 is 2.02 bits per heavy atom. The predicted octanol–water partition coefficient (Wildman–Crippen LogP) is -2.49. The minimum Gasteiger partial charge on any atom is -0.508 e. The number of amides is 4. The van der Waals surface area contributed by atoms with E-state index in [-0.39, 0.29) is 18.6 Å². The summed E-state index contributed by atoms with van der Waals surface area (Å²) in [6, 6.07) is -0.109. The highest BCUT2D eigenvalue weighted by atomic mass is 16.4. The Bertz CT molecular complexity index is 1200. The Hall–Kier alpha value is -4.99. The molecule has 0 aliphatic rings. The second-order valence-electron chi connectivity index (χ2n) is 8.88. The Morgan fingerprint density at radius 2 is 1.48 bits per heavy atom. The molecule has 0 saturated carbocycles. The lowest BCUT2D eigenvalue weighted by molar-refractivity contribution is -0.143. The number of hydrogen-bond donors (Lipinski definition) is 9. The smallest absolute Gasteiger partial charge is 0.326 e. The first-order valence-corrected chi connectivity index (χ1v) is 12.0. The zero-order chi connectivity index (χ0) is 29.8. The molecule has 0 aliphatic carbocycles. The third kappa shape index (κ3) is 10.4. The van der Waals surface area contributed by atoms with E-state index >= 15 is 0 Å². The maximum atomic E-state index is 13.1. The monoisotopic (exact) mass is 561 g/mol. The second kappa shape index (κ2) is 14.8. The summed E-state index contributed by atoms with van der Waals surface area (Å²) in [5.74, 6) is -6.53. The maximum Gasteiger partial charge on any atom is 0.326 e. The molecule has 2 aromatic rings. The van der Waals surface area contributed by atoms with Crippen LogP contribution < -0.4 is 27.4 Å². The van der Waals surface area contributed by atoms with Crippen LogP contribution in [0.25, 0.3) is 0 Å². The number of nitrogens with two attached hydrogens (primary N) is 2. The van der Waals surface area contributed by atoms with E-state index in [0.717, 1.165) is 0 Å². The van der Waals surface area contributed by atoms with Crippen LogP contribution in [0.1, 0.15) is 30.5 Å². The van der Waals surface area contributed by atoms with E-state index in [4.69, 9.17) is 16.6 Å². The fourth-order valence-electron chi connectivity index (χ4n) is 3.56. The average molecular weight is 562 g/mol. The van der Waals surface area contributed by atoms with Gasteiger partial charge in [-0.15, -0.1) is 0 Å². The lowest BCUT2D eigenvalue weighted by Gasteiger charge is -2.25. The molecule has 16 heteroatoms. The molecule has 0 saturated heterocycles. The van der Waals surface area contributed by atoms with Crippen LogP contribution in [0.15, 0.2) is 36.8 Å². The minimum absolute atomic E-state index is 0.0372. The molecule has 4 atom stereocenters. The van der Waals surface area contributed by atoms with Crippen LogP contribution in [0.5, 0.6) is 5.75 Å². The number of H-pyrrole nitrogens is 1. The number of carboxylic acid groups (broad SMARTS) is 2. The van der Waals surface area contributed by atoms with Crippen LogP contribution in [-0.2, 0) is 41.6 Å². The number of benzene rings is 1. The van der Waals surface area contributed by atoms with Gasteiger partial charge < -0.3 is 47.7 Å². The number of carboxylic acids is 2. The Morgan fingerprint density at radius 1 is 0.875 bits per heavy atom. The first-order valence-electron chi connectivity index (χ1n) is 12.0. The number of phenols is 1. The minimum atomic E-state index is -1.58. The maximum absolute atomic E-state index is 13.1. The van der Waals surface area contributed by atoms with Crippen LogP contribution >= 0.6 is 0 Å². The van der Waals surface area contributed by atoms with Crippen molar-refractivity contribution in [1.29, 1.82) is 0 Å². The summed E-state index contributed by atoms with van der Waals surface area (Å²) in [6.07, 6.45) is 1.07. The number of aromatic hydroxyl groups is 1. The zero-order valence-corrected chi connectivity index (χ0v) is 21.2. The van der Waals surface area contributed by atoms with Crippen molar-refractivity contribution in [1.82, 2.24) is 25.9 Å². The normalized spacial score (nSPS) is 13.7. The van der Waals surface area contributed by atoms with Crippen molar-refractivity contribution in [2.45, 2.75) is 56.3 Å². The largest absolute Gasteiger partial charge is 0.508 e. The van der Waals surface area contributed by atoms with Crippen molar-refractivity contribution in [3.63, 3.8) is 0 Å². The third-order valence-corrected chi connectivity index (χ3v) is 5.64. The topological polar surface area (TPSA) is 280 Å². The van der Waals surface area contributed by atoms with Crippen LogP contribution in [0.4, 0.5) is 0 Å². The summed E-state index contributed by atoms with van der Waals surface area (Å²) in [5.41, 5.74) is 12.1. The molecule has 11 N–H and O–H groups in total. The molecule has 0 aliphatic heterocycles. The van der Waals surface area contributed by atoms with Crippen LogP contribution in [0, 0.1) is 0 Å². The fourth-order valence-corrected chi connectivity index (χ4v) is 3.56. The number of phenolic OH excluding ortho intramolecular Hbond substituents is 1. The summed E-state index contributed by atoms with van der Waals surface area (Å²) < 4.78 is 0. The summed E-state index contributed by atoms with van der Waals surface area (Å²) in [6.45, 7) is 0. The molecule has 0 radical (unpaired) electrons.